The molecule has 0 aromatic carbocycles. The number of carboxylic acid groups (broad SMARTS) is 1. The molecule has 2 atom stereocenters. The minimum atomic E-state index is -0.808. The lowest BCUT2D eigenvalue weighted by atomic mass is 10.0. The highest BCUT2D eigenvalue weighted by Gasteiger charge is 2.28. The van der Waals surface area contributed by atoms with Gasteiger partial charge in [-0.3, -0.25) is 4.79 Å². The zero-order valence-corrected chi connectivity index (χ0v) is 11.2. The maximum atomic E-state index is 11.4. The van der Waals surface area contributed by atoms with Crippen molar-refractivity contribution in [1.29, 1.82) is 0 Å². The van der Waals surface area contributed by atoms with Gasteiger partial charge in [-0.05, 0) is 46.1 Å². The van der Waals surface area contributed by atoms with Crippen molar-refractivity contribution in [2.45, 2.75) is 45.3 Å². The van der Waals surface area contributed by atoms with Crippen molar-refractivity contribution in [3.05, 3.63) is 0 Å². The quantitative estimate of drug-likeness (QED) is 0.699. The number of rotatable bonds is 4. The van der Waals surface area contributed by atoms with Crippen LogP contribution in [-0.4, -0.2) is 41.9 Å². The van der Waals surface area contributed by atoms with Gasteiger partial charge in [-0.15, -0.1) is 0 Å². The maximum Gasteiger partial charge on any atom is 0.407 e. The second kappa shape index (κ2) is 6.04. The van der Waals surface area contributed by atoms with Crippen molar-refractivity contribution in [2.24, 2.45) is 5.92 Å². The third-order valence-corrected chi connectivity index (χ3v) is 2.74. The van der Waals surface area contributed by atoms with Crippen LogP contribution in [-0.2, 0) is 9.53 Å². The molecular weight excluding hydrogens is 236 g/mol. The molecule has 0 spiro atoms. The minimum Gasteiger partial charge on any atom is -0.480 e. The SMILES string of the molecule is CC(C)(C)OC(=O)NCC[C@@H]1CN[C@H](C(=O)O)C1. The van der Waals surface area contributed by atoms with Gasteiger partial charge in [-0.1, -0.05) is 0 Å². The molecule has 3 N–H and O–H groups in total. The molecule has 0 aromatic rings. The molecule has 1 amide bonds. The van der Waals surface area contributed by atoms with Gasteiger partial charge < -0.3 is 20.5 Å². The number of carbonyl (C=O) groups excluding carboxylic acids is 1. The zero-order valence-electron chi connectivity index (χ0n) is 11.2. The van der Waals surface area contributed by atoms with Crippen LogP contribution in [0.2, 0.25) is 0 Å². The largest absolute Gasteiger partial charge is 0.480 e. The third kappa shape index (κ3) is 5.35. The Morgan fingerprint density at radius 3 is 2.61 bits per heavy atom. The first-order valence-electron chi connectivity index (χ1n) is 6.21. The number of carbonyl (C=O) groups is 2. The molecule has 1 fully saturated rings. The van der Waals surface area contributed by atoms with E-state index >= 15 is 0 Å². The topological polar surface area (TPSA) is 87.7 Å². The Labute approximate surface area is 107 Å². The monoisotopic (exact) mass is 258 g/mol. The van der Waals surface area contributed by atoms with Crippen molar-refractivity contribution in [3.8, 4) is 0 Å². The molecule has 1 rings (SSSR count). The van der Waals surface area contributed by atoms with Gasteiger partial charge in [-0.2, -0.15) is 0 Å². The molecule has 0 radical (unpaired) electrons. The van der Waals surface area contributed by atoms with E-state index in [1.54, 1.807) is 0 Å². The van der Waals surface area contributed by atoms with Gasteiger partial charge in [0.15, 0.2) is 0 Å². The number of hydrogen-bond donors (Lipinski definition) is 3. The van der Waals surface area contributed by atoms with Gasteiger partial charge in [0.05, 0.1) is 0 Å². The number of alkyl carbamates (subject to hydrolysis) is 1. The van der Waals surface area contributed by atoms with Crippen molar-refractivity contribution in [2.75, 3.05) is 13.1 Å². The lowest BCUT2D eigenvalue weighted by Gasteiger charge is -2.20. The number of amides is 1. The van der Waals surface area contributed by atoms with Gasteiger partial charge in [0.25, 0.3) is 0 Å². The molecule has 0 bridgehead atoms. The smallest absolute Gasteiger partial charge is 0.407 e. The highest BCUT2D eigenvalue weighted by molar-refractivity contribution is 5.73. The zero-order chi connectivity index (χ0) is 13.8. The Morgan fingerprint density at radius 1 is 1.44 bits per heavy atom. The number of nitrogens with one attached hydrogen (secondary N) is 2. The summed E-state index contributed by atoms with van der Waals surface area (Å²) in [5.74, 6) is -0.515. The number of ether oxygens (including phenoxy) is 1. The highest BCUT2D eigenvalue weighted by atomic mass is 16.6. The first-order chi connectivity index (χ1) is 8.28. The van der Waals surface area contributed by atoms with E-state index in [0.717, 1.165) is 6.42 Å². The van der Waals surface area contributed by atoms with E-state index in [2.05, 4.69) is 10.6 Å². The fourth-order valence-corrected chi connectivity index (χ4v) is 1.91. The number of carboxylic acids is 1. The Balaban J connectivity index is 2.16. The van der Waals surface area contributed by atoms with Crippen LogP contribution in [0.5, 0.6) is 0 Å². The minimum absolute atomic E-state index is 0.293. The van der Waals surface area contributed by atoms with Crippen molar-refractivity contribution in [1.82, 2.24) is 10.6 Å². The molecule has 6 nitrogen and oxygen atoms in total. The lowest BCUT2D eigenvalue weighted by Crippen LogP contribution is -2.33. The van der Waals surface area contributed by atoms with Crippen LogP contribution in [0.1, 0.15) is 33.6 Å². The second-order valence-electron chi connectivity index (χ2n) is 5.62. The van der Waals surface area contributed by atoms with Crippen LogP contribution in [0.4, 0.5) is 4.79 Å². The van der Waals surface area contributed by atoms with Crippen LogP contribution in [0.3, 0.4) is 0 Å². The predicted molar refractivity (Wildman–Crippen MR) is 66.4 cm³/mol. The average Bonchev–Trinajstić information content (AvgIpc) is 2.63. The van der Waals surface area contributed by atoms with Crippen LogP contribution in [0.25, 0.3) is 0 Å². The summed E-state index contributed by atoms with van der Waals surface area (Å²) in [5, 5.41) is 14.4. The average molecular weight is 258 g/mol. The Hall–Kier alpha value is -1.30. The Morgan fingerprint density at radius 2 is 2.11 bits per heavy atom. The molecule has 1 aliphatic rings. The van der Waals surface area contributed by atoms with Gasteiger partial charge in [0, 0.05) is 6.54 Å². The second-order valence-corrected chi connectivity index (χ2v) is 5.62. The van der Waals surface area contributed by atoms with E-state index in [9.17, 15) is 9.59 Å². The number of hydrogen-bond acceptors (Lipinski definition) is 4. The molecule has 0 unspecified atom stereocenters. The fraction of sp³-hybridized carbons (Fsp3) is 0.833. The van der Waals surface area contributed by atoms with E-state index in [1.807, 2.05) is 20.8 Å². The molecule has 0 aromatic heterocycles. The van der Waals surface area contributed by atoms with Gasteiger partial charge in [0.2, 0.25) is 0 Å². The molecule has 1 saturated heterocycles. The van der Waals surface area contributed by atoms with Crippen molar-refractivity contribution < 1.29 is 19.4 Å². The third-order valence-electron chi connectivity index (χ3n) is 2.74. The van der Waals surface area contributed by atoms with Crippen molar-refractivity contribution >= 4 is 12.1 Å². The summed E-state index contributed by atoms with van der Waals surface area (Å²) < 4.78 is 5.10. The van der Waals surface area contributed by atoms with E-state index in [1.165, 1.54) is 0 Å². The molecule has 1 aliphatic heterocycles. The molecule has 104 valence electrons. The van der Waals surface area contributed by atoms with E-state index in [4.69, 9.17) is 9.84 Å². The van der Waals surface area contributed by atoms with Gasteiger partial charge >= 0.3 is 12.1 Å². The standard InChI is InChI=1S/C12H22N2O4/c1-12(2,3)18-11(17)13-5-4-8-6-9(10(15)16)14-7-8/h8-9,14H,4-7H2,1-3H3,(H,13,17)(H,15,16)/t8-,9-/m0/s1. The van der Waals surface area contributed by atoms with Crippen molar-refractivity contribution in [3.63, 3.8) is 0 Å². The van der Waals surface area contributed by atoms with Crippen LogP contribution in [0.15, 0.2) is 0 Å². The first kappa shape index (κ1) is 14.8. The van der Waals surface area contributed by atoms with Crippen LogP contribution >= 0.6 is 0 Å². The molecule has 0 aliphatic carbocycles. The summed E-state index contributed by atoms with van der Waals surface area (Å²) in [5.41, 5.74) is -0.493. The summed E-state index contributed by atoms with van der Waals surface area (Å²) >= 11 is 0. The maximum absolute atomic E-state index is 11.4. The van der Waals surface area contributed by atoms with Crippen LogP contribution in [0, 0.1) is 5.92 Å². The summed E-state index contributed by atoms with van der Waals surface area (Å²) in [6.45, 7) is 6.63. The fourth-order valence-electron chi connectivity index (χ4n) is 1.91. The van der Waals surface area contributed by atoms with Gasteiger partial charge in [-0.25, -0.2) is 4.79 Å². The van der Waals surface area contributed by atoms with E-state index in [-0.39, 0.29) is 0 Å². The predicted octanol–water partition coefficient (Wildman–Crippen LogP) is 0.964. The Bertz CT molecular complexity index is 312. The molecule has 6 heteroatoms. The lowest BCUT2D eigenvalue weighted by molar-refractivity contribution is -0.139. The van der Waals surface area contributed by atoms with E-state index in [0.29, 0.717) is 25.4 Å². The molecule has 0 saturated carbocycles. The molecular formula is C12H22N2O4. The highest BCUT2D eigenvalue weighted by Crippen LogP contribution is 2.17. The first-order valence-corrected chi connectivity index (χ1v) is 6.21. The number of aliphatic carboxylic acids is 1. The Kier molecular flexibility index (Phi) is 4.95. The summed E-state index contributed by atoms with van der Waals surface area (Å²) in [6, 6.07) is -0.448. The van der Waals surface area contributed by atoms with E-state index < -0.39 is 23.7 Å². The molecule has 1 heterocycles. The molecule has 18 heavy (non-hydrogen) atoms. The summed E-state index contributed by atoms with van der Waals surface area (Å²) in [4.78, 5) is 22.1. The summed E-state index contributed by atoms with van der Waals surface area (Å²) in [7, 11) is 0. The van der Waals surface area contributed by atoms with Gasteiger partial charge in [0.1, 0.15) is 11.6 Å². The normalized spacial score (nSPS) is 23.7. The van der Waals surface area contributed by atoms with Crippen LogP contribution < -0.4 is 10.6 Å². The summed E-state index contributed by atoms with van der Waals surface area (Å²) in [6.07, 6.45) is 0.949.